The van der Waals surface area contributed by atoms with Gasteiger partial charge >= 0.3 is 5.97 Å². The number of hydrogen-bond donors (Lipinski definition) is 0. The van der Waals surface area contributed by atoms with E-state index in [2.05, 4.69) is 13.8 Å². The van der Waals surface area contributed by atoms with E-state index in [0.717, 1.165) is 77.4 Å². The lowest BCUT2D eigenvalue weighted by molar-refractivity contribution is -0.159. The van der Waals surface area contributed by atoms with Crippen molar-refractivity contribution in [2.75, 3.05) is 13.2 Å². The minimum atomic E-state index is 0.0249. The zero-order chi connectivity index (χ0) is 16.5. The molecule has 0 N–H and O–H groups in total. The van der Waals surface area contributed by atoms with Crippen LogP contribution in [0.5, 0.6) is 0 Å². The minimum Gasteiger partial charge on any atom is -0.462 e. The van der Waals surface area contributed by atoms with E-state index in [1.165, 1.54) is 0 Å². The number of esters is 1. The Bertz CT molecular complexity index is 328. The minimum absolute atomic E-state index is 0.0249. The zero-order valence-corrected chi connectivity index (χ0v) is 14.9. The first-order valence-electron chi connectivity index (χ1n) is 9.66. The average molecular weight is 326 g/mol. The van der Waals surface area contributed by atoms with Gasteiger partial charge in [-0.15, -0.1) is 0 Å². The molecule has 2 fully saturated rings. The maximum Gasteiger partial charge on any atom is 0.309 e. The first-order chi connectivity index (χ1) is 11.2. The first kappa shape index (κ1) is 18.7. The second-order valence-electron chi connectivity index (χ2n) is 7.05. The SMILES string of the molecule is CCCOC1CCC(OC(=O)C2CCC(OCCC)CC2)CC1. The van der Waals surface area contributed by atoms with Gasteiger partial charge in [-0.25, -0.2) is 0 Å². The van der Waals surface area contributed by atoms with E-state index in [-0.39, 0.29) is 18.0 Å². The fourth-order valence-corrected chi connectivity index (χ4v) is 3.61. The monoisotopic (exact) mass is 326 g/mol. The molecule has 0 aromatic rings. The van der Waals surface area contributed by atoms with E-state index in [9.17, 15) is 4.79 Å². The van der Waals surface area contributed by atoms with E-state index < -0.39 is 0 Å². The summed E-state index contributed by atoms with van der Waals surface area (Å²) in [5.41, 5.74) is 0. The predicted octanol–water partition coefficient (Wildman–Crippen LogP) is 4.25. The van der Waals surface area contributed by atoms with Crippen LogP contribution in [0.15, 0.2) is 0 Å². The maximum atomic E-state index is 12.3. The van der Waals surface area contributed by atoms with Gasteiger partial charge in [-0.1, -0.05) is 13.8 Å². The fourth-order valence-electron chi connectivity index (χ4n) is 3.61. The van der Waals surface area contributed by atoms with Crippen molar-refractivity contribution in [3.63, 3.8) is 0 Å². The highest BCUT2D eigenvalue weighted by molar-refractivity contribution is 5.72. The number of rotatable bonds is 8. The first-order valence-corrected chi connectivity index (χ1v) is 9.66. The summed E-state index contributed by atoms with van der Waals surface area (Å²) >= 11 is 0. The summed E-state index contributed by atoms with van der Waals surface area (Å²) in [4.78, 5) is 12.3. The Morgan fingerprint density at radius 1 is 0.739 bits per heavy atom. The summed E-state index contributed by atoms with van der Waals surface area (Å²) in [6.07, 6.45) is 10.7. The summed E-state index contributed by atoms with van der Waals surface area (Å²) in [6.45, 7) is 5.95. The molecule has 0 atom stereocenters. The highest BCUT2D eigenvalue weighted by atomic mass is 16.5. The molecule has 23 heavy (non-hydrogen) atoms. The summed E-state index contributed by atoms with van der Waals surface area (Å²) in [7, 11) is 0. The number of carbonyl (C=O) groups is 1. The Morgan fingerprint density at radius 3 is 1.65 bits per heavy atom. The molecule has 0 bridgehead atoms. The van der Waals surface area contributed by atoms with E-state index in [0.29, 0.717) is 12.2 Å². The molecule has 2 aliphatic rings. The van der Waals surface area contributed by atoms with Crippen molar-refractivity contribution in [1.29, 1.82) is 0 Å². The van der Waals surface area contributed by atoms with Gasteiger partial charge in [-0.05, 0) is 64.2 Å². The molecule has 0 radical (unpaired) electrons. The zero-order valence-electron chi connectivity index (χ0n) is 14.9. The normalized spacial score (nSPS) is 31.7. The van der Waals surface area contributed by atoms with Gasteiger partial charge in [-0.2, -0.15) is 0 Å². The summed E-state index contributed by atoms with van der Waals surface area (Å²) in [5, 5.41) is 0. The van der Waals surface area contributed by atoms with Crippen LogP contribution < -0.4 is 0 Å². The molecule has 2 saturated carbocycles. The molecular weight excluding hydrogens is 292 g/mol. The van der Waals surface area contributed by atoms with E-state index in [1.807, 2.05) is 0 Å². The molecule has 4 heteroatoms. The van der Waals surface area contributed by atoms with Crippen molar-refractivity contribution in [3.8, 4) is 0 Å². The van der Waals surface area contributed by atoms with Crippen molar-refractivity contribution in [3.05, 3.63) is 0 Å². The van der Waals surface area contributed by atoms with Crippen LogP contribution in [0.4, 0.5) is 0 Å². The van der Waals surface area contributed by atoms with Crippen LogP contribution in [-0.2, 0) is 19.0 Å². The van der Waals surface area contributed by atoms with Crippen LogP contribution in [0.3, 0.4) is 0 Å². The highest BCUT2D eigenvalue weighted by Gasteiger charge is 2.31. The Hall–Kier alpha value is -0.610. The topological polar surface area (TPSA) is 44.8 Å². The van der Waals surface area contributed by atoms with E-state index >= 15 is 0 Å². The number of hydrogen-bond acceptors (Lipinski definition) is 4. The molecule has 134 valence electrons. The third-order valence-corrected chi connectivity index (χ3v) is 5.03. The summed E-state index contributed by atoms with van der Waals surface area (Å²) < 4.78 is 17.3. The van der Waals surface area contributed by atoms with Crippen LogP contribution >= 0.6 is 0 Å². The highest BCUT2D eigenvalue weighted by Crippen LogP contribution is 2.30. The number of carbonyl (C=O) groups excluding carboxylic acids is 1. The largest absolute Gasteiger partial charge is 0.462 e. The van der Waals surface area contributed by atoms with Gasteiger partial charge in [0, 0.05) is 13.2 Å². The Balaban J connectivity index is 1.62. The van der Waals surface area contributed by atoms with Gasteiger partial charge < -0.3 is 14.2 Å². The maximum absolute atomic E-state index is 12.3. The lowest BCUT2D eigenvalue weighted by atomic mass is 9.87. The van der Waals surface area contributed by atoms with Gasteiger partial charge in [0.2, 0.25) is 0 Å². The smallest absolute Gasteiger partial charge is 0.309 e. The van der Waals surface area contributed by atoms with Crippen molar-refractivity contribution in [2.45, 2.75) is 96.4 Å². The Morgan fingerprint density at radius 2 is 1.17 bits per heavy atom. The molecule has 0 spiro atoms. The van der Waals surface area contributed by atoms with Gasteiger partial charge in [0.15, 0.2) is 0 Å². The fraction of sp³-hybridized carbons (Fsp3) is 0.947. The molecule has 0 unspecified atom stereocenters. The van der Waals surface area contributed by atoms with E-state index in [4.69, 9.17) is 14.2 Å². The summed E-state index contributed by atoms with van der Waals surface area (Å²) in [5.74, 6) is 0.113. The van der Waals surface area contributed by atoms with Crippen LogP contribution in [-0.4, -0.2) is 37.5 Å². The molecule has 0 aromatic heterocycles. The third kappa shape index (κ3) is 6.42. The Labute approximate surface area is 141 Å². The van der Waals surface area contributed by atoms with Gasteiger partial charge in [-0.3, -0.25) is 4.79 Å². The molecule has 0 aromatic carbocycles. The number of ether oxygens (including phenoxy) is 3. The standard InChI is InChI=1S/C19H34O4/c1-3-13-21-16-7-5-15(6-8-16)19(20)23-18-11-9-17(10-12-18)22-14-4-2/h15-18H,3-14H2,1-2H3. The van der Waals surface area contributed by atoms with Crippen LogP contribution in [0.1, 0.15) is 78.1 Å². The average Bonchev–Trinajstić information content (AvgIpc) is 2.59. The molecule has 0 amide bonds. The summed E-state index contributed by atoms with van der Waals surface area (Å²) in [6, 6.07) is 0. The van der Waals surface area contributed by atoms with Crippen molar-refractivity contribution < 1.29 is 19.0 Å². The molecule has 4 nitrogen and oxygen atoms in total. The van der Waals surface area contributed by atoms with Crippen molar-refractivity contribution in [2.24, 2.45) is 5.92 Å². The van der Waals surface area contributed by atoms with Gasteiger partial charge in [0.25, 0.3) is 0 Å². The van der Waals surface area contributed by atoms with Crippen molar-refractivity contribution in [1.82, 2.24) is 0 Å². The molecule has 2 rings (SSSR count). The third-order valence-electron chi connectivity index (χ3n) is 5.03. The van der Waals surface area contributed by atoms with Crippen LogP contribution in [0.25, 0.3) is 0 Å². The predicted molar refractivity (Wildman–Crippen MR) is 90.4 cm³/mol. The molecule has 2 aliphatic carbocycles. The van der Waals surface area contributed by atoms with Gasteiger partial charge in [0.1, 0.15) is 6.10 Å². The quantitative estimate of drug-likeness (QED) is 0.625. The van der Waals surface area contributed by atoms with E-state index in [1.54, 1.807) is 0 Å². The molecular formula is C19H34O4. The second-order valence-corrected chi connectivity index (χ2v) is 7.05. The van der Waals surface area contributed by atoms with Crippen molar-refractivity contribution >= 4 is 5.97 Å². The molecule has 0 heterocycles. The lowest BCUT2D eigenvalue weighted by Gasteiger charge is -2.31. The van der Waals surface area contributed by atoms with Crippen LogP contribution in [0, 0.1) is 5.92 Å². The lowest BCUT2D eigenvalue weighted by Crippen LogP contribution is -2.33. The Kier molecular flexibility index (Phi) is 8.38. The second kappa shape index (κ2) is 10.3. The van der Waals surface area contributed by atoms with Crippen LogP contribution in [0.2, 0.25) is 0 Å². The molecule has 0 saturated heterocycles. The molecule has 0 aliphatic heterocycles. The van der Waals surface area contributed by atoms with Gasteiger partial charge in [0.05, 0.1) is 18.1 Å².